The van der Waals surface area contributed by atoms with Crippen molar-refractivity contribution in [2.24, 2.45) is 0 Å². The zero-order chi connectivity index (χ0) is 16.7. The van der Waals surface area contributed by atoms with Crippen molar-refractivity contribution in [2.45, 2.75) is 39.7 Å². The van der Waals surface area contributed by atoms with E-state index in [1.807, 2.05) is 39.8 Å². The zero-order valence-corrected chi connectivity index (χ0v) is 14.3. The van der Waals surface area contributed by atoms with Crippen molar-refractivity contribution in [3.05, 3.63) is 40.2 Å². The minimum absolute atomic E-state index is 0.0157. The number of carbonyl (C=O) groups excluding carboxylic acids is 1. The van der Waals surface area contributed by atoms with Gasteiger partial charge in [0.1, 0.15) is 11.9 Å². The van der Waals surface area contributed by atoms with Crippen LogP contribution in [0.25, 0.3) is 0 Å². The Morgan fingerprint density at radius 1 is 1.43 bits per heavy atom. The zero-order valence-electron chi connectivity index (χ0n) is 13.6. The van der Waals surface area contributed by atoms with E-state index in [1.54, 1.807) is 11.0 Å². The normalized spacial score (nSPS) is 18.3. The van der Waals surface area contributed by atoms with Crippen LogP contribution in [-0.4, -0.2) is 23.7 Å². The van der Waals surface area contributed by atoms with E-state index in [0.29, 0.717) is 28.8 Å². The van der Waals surface area contributed by atoms with Crippen LogP contribution in [0, 0.1) is 13.8 Å². The number of aryl methyl sites for hydroxylation is 2. The first-order chi connectivity index (χ1) is 10.9. The Morgan fingerprint density at radius 2 is 2.17 bits per heavy atom. The molecule has 0 spiro atoms. The summed E-state index contributed by atoms with van der Waals surface area (Å²) in [6, 6.07) is 5.44. The molecule has 0 aliphatic carbocycles. The number of benzene rings is 1. The summed E-state index contributed by atoms with van der Waals surface area (Å²) >= 11 is 6.22. The molecule has 1 aliphatic heterocycles. The Morgan fingerprint density at radius 3 is 2.83 bits per heavy atom. The maximum Gasteiger partial charge on any atom is 0.234 e. The fourth-order valence-corrected chi connectivity index (χ4v) is 3.31. The molecule has 1 aromatic heterocycles. The molecule has 2 heterocycles. The van der Waals surface area contributed by atoms with Gasteiger partial charge in [0.05, 0.1) is 28.9 Å². The first-order valence-corrected chi connectivity index (χ1v) is 7.97. The van der Waals surface area contributed by atoms with Gasteiger partial charge in [-0.05, 0) is 39.8 Å². The third-order valence-electron chi connectivity index (χ3n) is 4.15. The fraction of sp³-hybridized carbons (Fsp3) is 0.412. The van der Waals surface area contributed by atoms with E-state index in [4.69, 9.17) is 20.9 Å². The van der Waals surface area contributed by atoms with E-state index in [0.717, 1.165) is 11.3 Å². The van der Waals surface area contributed by atoms with Crippen molar-refractivity contribution in [3.63, 3.8) is 0 Å². The number of amides is 1. The second kappa shape index (κ2) is 5.89. The lowest BCUT2D eigenvalue weighted by atomic mass is 9.97. The fourth-order valence-electron chi connectivity index (χ4n) is 3.09. The van der Waals surface area contributed by atoms with Gasteiger partial charge in [-0.3, -0.25) is 4.79 Å². The Bertz CT molecular complexity index is 737. The lowest BCUT2D eigenvalue weighted by Crippen LogP contribution is -2.44. The summed E-state index contributed by atoms with van der Waals surface area (Å²) in [7, 11) is 0. The topological polar surface area (TPSA) is 55.6 Å². The number of anilines is 1. The van der Waals surface area contributed by atoms with Gasteiger partial charge in [-0.2, -0.15) is 0 Å². The summed E-state index contributed by atoms with van der Waals surface area (Å²) in [4.78, 5) is 14.8. The van der Waals surface area contributed by atoms with Gasteiger partial charge < -0.3 is 14.2 Å². The smallest absolute Gasteiger partial charge is 0.234 e. The van der Waals surface area contributed by atoms with E-state index in [-0.39, 0.29) is 17.9 Å². The average molecular weight is 335 g/mol. The maximum atomic E-state index is 13.1. The molecule has 5 nitrogen and oxygen atoms in total. The van der Waals surface area contributed by atoms with Crippen molar-refractivity contribution >= 4 is 23.2 Å². The van der Waals surface area contributed by atoms with E-state index < -0.39 is 0 Å². The van der Waals surface area contributed by atoms with E-state index in [9.17, 15) is 4.79 Å². The Hall–Kier alpha value is -2.01. The molecule has 2 aromatic rings. The monoisotopic (exact) mass is 334 g/mol. The van der Waals surface area contributed by atoms with Crippen LogP contribution in [0.15, 0.2) is 22.7 Å². The van der Waals surface area contributed by atoms with Crippen LogP contribution >= 0.6 is 11.6 Å². The van der Waals surface area contributed by atoms with Crippen molar-refractivity contribution < 1.29 is 14.1 Å². The van der Waals surface area contributed by atoms with Crippen LogP contribution < -0.4 is 9.64 Å². The van der Waals surface area contributed by atoms with Crippen LogP contribution in [0.4, 0.5) is 5.69 Å². The minimum Gasteiger partial charge on any atom is -0.485 e. The number of halogens is 1. The number of nitrogens with zero attached hydrogens (tertiary/aromatic N) is 2. The van der Waals surface area contributed by atoms with Crippen LogP contribution in [0.3, 0.4) is 0 Å². The summed E-state index contributed by atoms with van der Waals surface area (Å²) < 4.78 is 11.0. The molecule has 0 unspecified atom stereocenters. The van der Waals surface area contributed by atoms with E-state index in [1.165, 1.54) is 0 Å². The van der Waals surface area contributed by atoms with Gasteiger partial charge in [0.15, 0.2) is 5.75 Å². The van der Waals surface area contributed by atoms with Gasteiger partial charge >= 0.3 is 0 Å². The number of aromatic nitrogens is 1. The molecule has 1 amide bonds. The highest BCUT2D eigenvalue weighted by Gasteiger charge is 2.33. The minimum atomic E-state index is -0.349. The summed E-state index contributed by atoms with van der Waals surface area (Å²) in [5, 5.41) is 4.46. The molecule has 0 saturated heterocycles. The lowest BCUT2D eigenvalue weighted by Gasteiger charge is -2.35. The summed E-state index contributed by atoms with van der Waals surface area (Å²) in [6.07, 6.45) is -0.122. The molecule has 122 valence electrons. The summed E-state index contributed by atoms with van der Waals surface area (Å²) in [5.74, 6) is 0.875. The van der Waals surface area contributed by atoms with Crippen LogP contribution in [0.5, 0.6) is 5.75 Å². The SMILES string of the molecule is Cc1noc(C)c1[C@@H](C)C(=O)N1C[C@H](C)Oc2c(Cl)cccc21. The highest BCUT2D eigenvalue weighted by atomic mass is 35.5. The van der Waals surface area contributed by atoms with Crippen molar-refractivity contribution in [3.8, 4) is 5.75 Å². The highest BCUT2D eigenvalue weighted by Crippen LogP contribution is 2.40. The predicted molar refractivity (Wildman–Crippen MR) is 88.3 cm³/mol. The number of carbonyl (C=O) groups is 1. The summed E-state index contributed by atoms with van der Waals surface area (Å²) in [6.45, 7) is 7.96. The molecule has 1 aromatic carbocycles. The Labute approximate surface area is 140 Å². The Kier molecular flexibility index (Phi) is 4.06. The maximum absolute atomic E-state index is 13.1. The van der Waals surface area contributed by atoms with Gasteiger partial charge in [-0.1, -0.05) is 22.8 Å². The molecule has 23 heavy (non-hydrogen) atoms. The van der Waals surface area contributed by atoms with Crippen molar-refractivity contribution in [1.29, 1.82) is 0 Å². The molecule has 0 bridgehead atoms. The third kappa shape index (κ3) is 2.70. The number of fused-ring (bicyclic) bond motifs is 1. The molecular formula is C17H19ClN2O3. The number of hydrogen-bond acceptors (Lipinski definition) is 4. The molecule has 6 heteroatoms. The predicted octanol–water partition coefficient (Wildman–Crippen LogP) is 3.86. The molecule has 2 atom stereocenters. The van der Waals surface area contributed by atoms with Crippen molar-refractivity contribution in [2.75, 3.05) is 11.4 Å². The van der Waals surface area contributed by atoms with Crippen LogP contribution in [-0.2, 0) is 4.79 Å². The molecule has 0 N–H and O–H groups in total. The van der Waals surface area contributed by atoms with Gasteiger partial charge in [0.25, 0.3) is 0 Å². The molecular weight excluding hydrogens is 316 g/mol. The molecule has 0 radical (unpaired) electrons. The Balaban J connectivity index is 1.99. The van der Waals surface area contributed by atoms with E-state index in [2.05, 4.69) is 5.16 Å². The van der Waals surface area contributed by atoms with Gasteiger partial charge in [0, 0.05) is 5.56 Å². The van der Waals surface area contributed by atoms with Crippen molar-refractivity contribution in [1.82, 2.24) is 5.16 Å². The molecule has 3 rings (SSSR count). The molecule has 1 aliphatic rings. The van der Waals surface area contributed by atoms with Gasteiger partial charge in [0.2, 0.25) is 5.91 Å². The van der Waals surface area contributed by atoms with Gasteiger partial charge in [-0.15, -0.1) is 0 Å². The largest absolute Gasteiger partial charge is 0.485 e. The first-order valence-electron chi connectivity index (χ1n) is 7.59. The lowest BCUT2D eigenvalue weighted by molar-refractivity contribution is -0.120. The highest BCUT2D eigenvalue weighted by molar-refractivity contribution is 6.32. The average Bonchev–Trinajstić information content (AvgIpc) is 2.85. The summed E-state index contributed by atoms with van der Waals surface area (Å²) in [5.41, 5.74) is 2.30. The standard InChI is InChI=1S/C17H19ClN2O3/c1-9-8-20(14-7-5-6-13(18)16(14)22-9)17(21)10(2)15-11(3)19-23-12(15)4/h5-7,9-10H,8H2,1-4H3/t9-,10+/m0/s1. The first kappa shape index (κ1) is 15.9. The number of ether oxygens (including phenoxy) is 1. The molecule has 0 saturated carbocycles. The third-order valence-corrected chi connectivity index (χ3v) is 4.45. The number of hydrogen-bond donors (Lipinski definition) is 0. The number of para-hydroxylation sites is 1. The molecule has 0 fully saturated rings. The van der Waals surface area contributed by atoms with Crippen LogP contribution in [0.2, 0.25) is 5.02 Å². The van der Waals surface area contributed by atoms with Gasteiger partial charge in [-0.25, -0.2) is 0 Å². The van der Waals surface area contributed by atoms with E-state index >= 15 is 0 Å². The second-order valence-electron chi connectivity index (χ2n) is 5.92. The second-order valence-corrected chi connectivity index (χ2v) is 6.33. The quantitative estimate of drug-likeness (QED) is 0.836. The van der Waals surface area contributed by atoms with Crippen LogP contribution in [0.1, 0.15) is 36.8 Å². The number of rotatable bonds is 2.